The molecule has 0 radical (unpaired) electrons. The summed E-state index contributed by atoms with van der Waals surface area (Å²) in [5, 5.41) is 4.89. The summed E-state index contributed by atoms with van der Waals surface area (Å²) in [6, 6.07) is 7.87. The summed E-state index contributed by atoms with van der Waals surface area (Å²) in [4.78, 5) is 12.9. The minimum atomic E-state index is 0.0364. The molecule has 1 amide bonds. The Kier molecular flexibility index (Phi) is 3.11. The molecule has 78 valence electrons. The topological polar surface area (TPSA) is 29.1 Å². The van der Waals surface area contributed by atoms with Gasteiger partial charge >= 0.3 is 0 Å². The highest BCUT2D eigenvalue weighted by atomic mass is 32.2. The van der Waals surface area contributed by atoms with Crippen LogP contribution in [-0.4, -0.2) is 5.91 Å². The maximum atomic E-state index is 11.8. The predicted molar refractivity (Wildman–Crippen MR) is 63.9 cm³/mol. The van der Waals surface area contributed by atoms with Crippen molar-refractivity contribution < 1.29 is 4.79 Å². The summed E-state index contributed by atoms with van der Waals surface area (Å²) in [5.74, 6) is 0.0364. The van der Waals surface area contributed by atoms with Crippen molar-refractivity contribution in [3.8, 4) is 0 Å². The van der Waals surface area contributed by atoms with Crippen molar-refractivity contribution in [1.82, 2.24) is 0 Å². The number of rotatable bonds is 2. The van der Waals surface area contributed by atoms with Crippen molar-refractivity contribution in [2.75, 3.05) is 5.32 Å². The van der Waals surface area contributed by atoms with Gasteiger partial charge in [-0.15, -0.1) is 0 Å². The molecule has 0 saturated carbocycles. The predicted octanol–water partition coefficient (Wildman–Crippen LogP) is 3.41. The van der Waals surface area contributed by atoms with Crippen LogP contribution in [0.3, 0.4) is 0 Å². The Morgan fingerprint density at radius 3 is 2.93 bits per heavy atom. The molecule has 15 heavy (non-hydrogen) atoms. The average Bonchev–Trinajstić information content (AvgIpc) is 2.40. The number of thioether (sulfide) groups is 1. The number of carbonyl (C=O) groups is 1. The third-order valence-corrected chi connectivity index (χ3v) is 3.29. The first kappa shape index (κ1) is 10.3. The molecular formula is C12H13NOS. The Morgan fingerprint density at radius 1 is 1.33 bits per heavy atom. The molecule has 0 aliphatic carbocycles. The smallest absolute Gasteiger partial charge is 0.252 e. The van der Waals surface area contributed by atoms with E-state index in [9.17, 15) is 4.79 Å². The molecule has 0 spiro atoms. The van der Waals surface area contributed by atoms with Gasteiger partial charge in [0.2, 0.25) is 0 Å². The molecule has 3 heteroatoms. The highest BCUT2D eigenvalue weighted by Gasteiger charge is 2.14. The van der Waals surface area contributed by atoms with Gasteiger partial charge in [0, 0.05) is 10.5 Å². The van der Waals surface area contributed by atoms with E-state index in [1.54, 1.807) is 11.8 Å². The van der Waals surface area contributed by atoms with Gasteiger partial charge in [-0.2, -0.15) is 0 Å². The van der Waals surface area contributed by atoms with Crippen molar-refractivity contribution >= 4 is 23.4 Å². The van der Waals surface area contributed by atoms with Crippen LogP contribution in [0.4, 0.5) is 5.69 Å². The van der Waals surface area contributed by atoms with Crippen molar-refractivity contribution in [2.45, 2.75) is 24.7 Å². The maximum absolute atomic E-state index is 11.8. The highest BCUT2D eigenvalue weighted by Crippen LogP contribution is 2.32. The van der Waals surface area contributed by atoms with E-state index >= 15 is 0 Å². The van der Waals surface area contributed by atoms with Gasteiger partial charge < -0.3 is 5.32 Å². The lowest BCUT2D eigenvalue weighted by Gasteiger charge is -2.05. The first-order valence-corrected chi connectivity index (χ1v) is 5.95. The first-order chi connectivity index (χ1) is 7.31. The van der Waals surface area contributed by atoms with Gasteiger partial charge in [0.15, 0.2) is 0 Å². The van der Waals surface area contributed by atoms with Gasteiger partial charge in [0.25, 0.3) is 5.91 Å². The Balaban J connectivity index is 2.28. The lowest BCUT2D eigenvalue weighted by molar-refractivity contribution is -0.113. The Hall–Kier alpha value is -1.22. The van der Waals surface area contributed by atoms with E-state index in [2.05, 4.69) is 12.2 Å². The van der Waals surface area contributed by atoms with Crippen LogP contribution < -0.4 is 5.32 Å². The number of amides is 1. The van der Waals surface area contributed by atoms with Crippen LogP contribution in [0.15, 0.2) is 40.1 Å². The minimum Gasteiger partial charge on any atom is -0.321 e. The molecular weight excluding hydrogens is 206 g/mol. The molecule has 0 atom stereocenters. The number of fused-ring (bicyclic) bond motifs is 1. The van der Waals surface area contributed by atoms with Crippen LogP contribution in [0.1, 0.15) is 19.8 Å². The quantitative estimate of drug-likeness (QED) is 0.825. The van der Waals surface area contributed by atoms with E-state index in [4.69, 9.17) is 0 Å². The number of benzene rings is 1. The molecule has 1 aromatic carbocycles. The fourth-order valence-electron chi connectivity index (χ4n) is 1.51. The van der Waals surface area contributed by atoms with Gasteiger partial charge in [-0.25, -0.2) is 0 Å². The SMILES string of the molecule is CCCC1=CSc2ccccc2NC1=O. The van der Waals surface area contributed by atoms with Crippen molar-refractivity contribution in [3.05, 3.63) is 35.2 Å². The summed E-state index contributed by atoms with van der Waals surface area (Å²) >= 11 is 1.62. The third-order valence-electron chi connectivity index (χ3n) is 2.27. The highest BCUT2D eigenvalue weighted by molar-refractivity contribution is 8.02. The van der Waals surface area contributed by atoms with Crippen LogP contribution in [0.5, 0.6) is 0 Å². The minimum absolute atomic E-state index is 0.0364. The zero-order valence-corrected chi connectivity index (χ0v) is 9.43. The van der Waals surface area contributed by atoms with E-state index in [1.807, 2.05) is 29.7 Å². The number of carbonyl (C=O) groups excluding carboxylic acids is 1. The van der Waals surface area contributed by atoms with Crippen LogP contribution in [0.25, 0.3) is 0 Å². The second kappa shape index (κ2) is 4.53. The molecule has 1 N–H and O–H groups in total. The monoisotopic (exact) mass is 219 g/mol. The molecule has 1 heterocycles. The van der Waals surface area contributed by atoms with Crippen molar-refractivity contribution in [2.24, 2.45) is 0 Å². The van der Waals surface area contributed by atoms with Crippen LogP contribution in [0, 0.1) is 0 Å². The Bertz CT molecular complexity index is 412. The molecule has 2 rings (SSSR count). The first-order valence-electron chi connectivity index (χ1n) is 5.07. The van der Waals surface area contributed by atoms with Crippen LogP contribution in [-0.2, 0) is 4.79 Å². The second-order valence-corrected chi connectivity index (χ2v) is 4.37. The number of para-hydroxylation sites is 1. The zero-order chi connectivity index (χ0) is 10.7. The standard InChI is InChI=1S/C12H13NOS/c1-2-5-9-8-15-11-7-4-3-6-10(11)13-12(9)14/h3-4,6-8H,2,5H2,1H3,(H,13,14). The molecule has 1 aromatic rings. The van der Waals surface area contributed by atoms with Gasteiger partial charge in [0.1, 0.15) is 0 Å². The summed E-state index contributed by atoms with van der Waals surface area (Å²) in [5.41, 5.74) is 1.79. The second-order valence-electron chi connectivity index (χ2n) is 3.46. The fraction of sp³-hybridized carbons (Fsp3) is 0.250. The molecule has 0 fully saturated rings. The van der Waals surface area contributed by atoms with Gasteiger partial charge in [-0.1, -0.05) is 37.2 Å². The fourth-order valence-corrected chi connectivity index (χ4v) is 2.40. The summed E-state index contributed by atoms with van der Waals surface area (Å²) in [6.07, 6.45) is 1.84. The molecule has 0 unspecified atom stereocenters. The van der Waals surface area contributed by atoms with Crippen molar-refractivity contribution in [1.29, 1.82) is 0 Å². The lowest BCUT2D eigenvalue weighted by Crippen LogP contribution is -2.13. The normalized spacial score (nSPS) is 15.0. The van der Waals surface area contributed by atoms with Crippen molar-refractivity contribution in [3.63, 3.8) is 0 Å². The van der Waals surface area contributed by atoms with Gasteiger partial charge in [0.05, 0.1) is 5.69 Å². The largest absolute Gasteiger partial charge is 0.321 e. The Morgan fingerprint density at radius 2 is 2.13 bits per heavy atom. The zero-order valence-electron chi connectivity index (χ0n) is 8.62. The number of nitrogens with one attached hydrogen (secondary N) is 1. The average molecular weight is 219 g/mol. The van der Waals surface area contributed by atoms with E-state index < -0.39 is 0 Å². The van der Waals surface area contributed by atoms with E-state index in [0.717, 1.165) is 29.0 Å². The van der Waals surface area contributed by atoms with Gasteiger partial charge in [-0.05, 0) is 24.0 Å². The number of hydrogen-bond donors (Lipinski definition) is 1. The van der Waals surface area contributed by atoms with E-state index in [0.29, 0.717) is 0 Å². The molecule has 2 nitrogen and oxygen atoms in total. The molecule has 1 aliphatic heterocycles. The van der Waals surface area contributed by atoms with Gasteiger partial charge in [-0.3, -0.25) is 4.79 Å². The molecule has 0 aromatic heterocycles. The molecule has 0 bridgehead atoms. The molecule has 0 saturated heterocycles. The summed E-state index contributed by atoms with van der Waals surface area (Å²) < 4.78 is 0. The lowest BCUT2D eigenvalue weighted by atomic mass is 10.1. The number of anilines is 1. The molecule has 1 aliphatic rings. The van der Waals surface area contributed by atoms with E-state index in [1.165, 1.54) is 0 Å². The van der Waals surface area contributed by atoms with E-state index in [-0.39, 0.29) is 5.91 Å². The summed E-state index contributed by atoms with van der Waals surface area (Å²) in [6.45, 7) is 2.08. The maximum Gasteiger partial charge on any atom is 0.252 e. The third kappa shape index (κ3) is 2.23. The number of hydrogen-bond acceptors (Lipinski definition) is 2. The summed E-state index contributed by atoms with van der Waals surface area (Å²) in [7, 11) is 0. The van der Waals surface area contributed by atoms with Crippen LogP contribution in [0.2, 0.25) is 0 Å². The Labute approximate surface area is 93.8 Å². The van der Waals surface area contributed by atoms with Crippen LogP contribution >= 0.6 is 11.8 Å².